The van der Waals surface area contributed by atoms with E-state index in [0.717, 1.165) is 50.5 Å². The fourth-order valence-electron chi connectivity index (χ4n) is 2.94. The van der Waals surface area contributed by atoms with Crippen LogP contribution in [-0.2, 0) is 16.1 Å². The molecule has 29 heavy (non-hydrogen) atoms. The van der Waals surface area contributed by atoms with E-state index in [9.17, 15) is 9.59 Å². The average Bonchev–Trinajstić information content (AvgIpc) is 3.12. The molecule has 1 aromatic rings. The summed E-state index contributed by atoms with van der Waals surface area (Å²) in [6.07, 6.45) is 2.55. The van der Waals surface area contributed by atoms with Gasteiger partial charge in [-0.3, -0.25) is 9.59 Å². The molecule has 8 nitrogen and oxygen atoms in total. The Morgan fingerprint density at radius 1 is 1.31 bits per heavy atom. The van der Waals surface area contributed by atoms with Crippen LogP contribution < -0.4 is 15.4 Å². The lowest BCUT2D eigenvalue weighted by Gasteiger charge is -2.16. The highest BCUT2D eigenvalue weighted by molar-refractivity contribution is 5.80. The van der Waals surface area contributed by atoms with Crippen LogP contribution in [0, 0.1) is 0 Å². The molecule has 8 heteroatoms. The Kier molecular flexibility index (Phi) is 9.27. The van der Waals surface area contributed by atoms with Crippen molar-refractivity contribution in [1.82, 2.24) is 20.4 Å². The Hall–Kier alpha value is -2.77. The van der Waals surface area contributed by atoms with Crippen LogP contribution in [0.15, 0.2) is 29.3 Å². The van der Waals surface area contributed by atoms with Gasteiger partial charge >= 0.3 is 0 Å². The highest BCUT2D eigenvalue weighted by atomic mass is 16.5. The van der Waals surface area contributed by atoms with Gasteiger partial charge in [0.15, 0.2) is 12.6 Å². The fourth-order valence-corrected chi connectivity index (χ4v) is 2.94. The third-order valence-corrected chi connectivity index (χ3v) is 4.59. The number of likely N-dealkylation sites (N-methyl/N-ethyl adjacent to an activating group) is 1. The Morgan fingerprint density at radius 3 is 2.83 bits per heavy atom. The molecule has 0 bridgehead atoms. The first kappa shape index (κ1) is 22.5. The SMILES string of the molecule is CCNC(=NCc1cccc(OCC(=O)N(C)C)c1)NCCCN1CCCC1=O. The van der Waals surface area contributed by atoms with Gasteiger partial charge in [0.25, 0.3) is 5.91 Å². The third kappa shape index (κ3) is 8.01. The van der Waals surface area contributed by atoms with Crippen molar-refractivity contribution >= 4 is 17.8 Å². The van der Waals surface area contributed by atoms with Gasteiger partial charge in [0, 0.05) is 46.7 Å². The summed E-state index contributed by atoms with van der Waals surface area (Å²) < 4.78 is 5.56. The molecule has 0 aromatic heterocycles. The van der Waals surface area contributed by atoms with E-state index in [1.807, 2.05) is 36.1 Å². The van der Waals surface area contributed by atoms with Crippen LogP contribution in [0.3, 0.4) is 0 Å². The second-order valence-electron chi connectivity index (χ2n) is 7.18. The predicted molar refractivity (Wildman–Crippen MR) is 114 cm³/mol. The number of guanidine groups is 1. The maximum atomic E-state index is 11.7. The lowest BCUT2D eigenvalue weighted by atomic mass is 10.2. The van der Waals surface area contributed by atoms with Gasteiger partial charge in [0.1, 0.15) is 5.75 Å². The van der Waals surface area contributed by atoms with Crippen LogP contribution in [0.25, 0.3) is 0 Å². The van der Waals surface area contributed by atoms with Gasteiger partial charge < -0.3 is 25.2 Å². The minimum Gasteiger partial charge on any atom is -0.484 e. The summed E-state index contributed by atoms with van der Waals surface area (Å²) in [5.74, 6) is 1.58. The standard InChI is InChI=1S/C21H33N5O3/c1-4-22-21(23-11-7-13-26-12-6-10-19(26)27)24-15-17-8-5-9-18(14-17)29-16-20(28)25(2)3/h5,8-9,14H,4,6-7,10-13,15-16H2,1-3H3,(H2,22,23,24). The van der Waals surface area contributed by atoms with Crippen LogP contribution in [0.5, 0.6) is 5.75 Å². The number of carbonyl (C=O) groups is 2. The normalized spacial score (nSPS) is 14.1. The molecule has 2 amide bonds. The number of hydrogen-bond acceptors (Lipinski definition) is 4. The summed E-state index contributed by atoms with van der Waals surface area (Å²) in [5, 5.41) is 6.55. The fraction of sp³-hybridized carbons (Fsp3) is 0.571. The number of benzene rings is 1. The van der Waals surface area contributed by atoms with E-state index in [4.69, 9.17) is 4.74 Å². The summed E-state index contributed by atoms with van der Waals surface area (Å²) in [6, 6.07) is 7.61. The van der Waals surface area contributed by atoms with Crippen molar-refractivity contribution in [3.05, 3.63) is 29.8 Å². The van der Waals surface area contributed by atoms with Gasteiger partial charge in [0.05, 0.1) is 6.54 Å². The number of nitrogens with zero attached hydrogens (tertiary/aromatic N) is 3. The summed E-state index contributed by atoms with van der Waals surface area (Å²) in [6.45, 7) is 5.73. The quantitative estimate of drug-likeness (QED) is 0.349. The van der Waals surface area contributed by atoms with E-state index in [1.165, 1.54) is 4.90 Å². The predicted octanol–water partition coefficient (Wildman–Crippen LogP) is 1.22. The van der Waals surface area contributed by atoms with Crippen LogP contribution >= 0.6 is 0 Å². The van der Waals surface area contributed by atoms with Crippen molar-refractivity contribution in [2.24, 2.45) is 4.99 Å². The molecular weight excluding hydrogens is 370 g/mol. The molecule has 1 aliphatic heterocycles. The first-order valence-corrected chi connectivity index (χ1v) is 10.2. The molecule has 1 aliphatic rings. The lowest BCUT2D eigenvalue weighted by molar-refractivity contribution is -0.130. The van der Waals surface area contributed by atoms with Gasteiger partial charge in [-0.25, -0.2) is 4.99 Å². The second kappa shape index (κ2) is 11.9. The van der Waals surface area contributed by atoms with Gasteiger partial charge in [-0.1, -0.05) is 12.1 Å². The molecule has 1 heterocycles. The molecule has 1 saturated heterocycles. The van der Waals surface area contributed by atoms with E-state index in [0.29, 0.717) is 18.7 Å². The lowest BCUT2D eigenvalue weighted by Crippen LogP contribution is -2.39. The number of hydrogen-bond donors (Lipinski definition) is 2. The zero-order chi connectivity index (χ0) is 21.1. The number of ether oxygens (including phenoxy) is 1. The molecule has 0 atom stereocenters. The van der Waals surface area contributed by atoms with E-state index in [1.54, 1.807) is 14.1 Å². The summed E-state index contributed by atoms with van der Waals surface area (Å²) in [4.78, 5) is 31.3. The van der Waals surface area contributed by atoms with Crippen molar-refractivity contribution < 1.29 is 14.3 Å². The molecular formula is C21H33N5O3. The van der Waals surface area contributed by atoms with Crippen molar-refractivity contribution in [3.8, 4) is 5.75 Å². The molecule has 0 aliphatic carbocycles. The Labute approximate surface area is 173 Å². The monoisotopic (exact) mass is 403 g/mol. The van der Waals surface area contributed by atoms with Crippen molar-refractivity contribution in [2.45, 2.75) is 32.7 Å². The van der Waals surface area contributed by atoms with E-state index >= 15 is 0 Å². The largest absolute Gasteiger partial charge is 0.484 e. The average molecular weight is 404 g/mol. The first-order chi connectivity index (χ1) is 14.0. The van der Waals surface area contributed by atoms with Crippen molar-refractivity contribution in [3.63, 3.8) is 0 Å². The molecule has 0 saturated carbocycles. The zero-order valence-electron chi connectivity index (χ0n) is 17.7. The minimum absolute atomic E-state index is 0.0173. The van der Waals surface area contributed by atoms with E-state index in [-0.39, 0.29) is 18.4 Å². The smallest absolute Gasteiger partial charge is 0.259 e. The van der Waals surface area contributed by atoms with Gasteiger partial charge in [-0.15, -0.1) is 0 Å². The molecule has 1 fully saturated rings. The van der Waals surface area contributed by atoms with Gasteiger partial charge in [0.2, 0.25) is 5.91 Å². The highest BCUT2D eigenvalue weighted by Crippen LogP contribution is 2.14. The molecule has 2 rings (SSSR count). The Bertz CT molecular complexity index is 705. The molecule has 160 valence electrons. The zero-order valence-corrected chi connectivity index (χ0v) is 17.7. The third-order valence-electron chi connectivity index (χ3n) is 4.59. The topological polar surface area (TPSA) is 86.3 Å². The molecule has 0 radical (unpaired) electrons. The summed E-state index contributed by atoms with van der Waals surface area (Å²) in [5.41, 5.74) is 1.000. The number of rotatable bonds is 10. The van der Waals surface area contributed by atoms with Crippen LogP contribution in [0.2, 0.25) is 0 Å². The highest BCUT2D eigenvalue weighted by Gasteiger charge is 2.18. The molecule has 2 N–H and O–H groups in total. The Balaban J connectivity index is 1.81. The van der Waals surface area contributed by atoms with Crippen LogP contribution in [0.1, 0.15) is 31.7 Å². The van der Waals surface area contributed by atoms with E-state index in [2.05, 4.69) is 15.6 Å². The summed E-state index contributed by atoms with van der Waals surface area (Å²) in [7, 11) is 3.41. The second-order valence-corrected chi connectivity index (χ2v) is 7.18. The van der Waals surface area contributed by atoms with Gasteiger partial charge in [-0.2, -0.15) is 0 Å². The number of likely N-dealkylation sites (tertiary alicyclic amines) is 1. The number of nitrogens with one attached hydrogen (secondary N) is 2. The maximum absolute atomic E-state index is 11.7. The van der Waals surface area contributed by atoms with Crippen molar-refractivity contribution in [2.75, 3.05) is 46.9 Å². The Morgan fingerprint density at radius 2 is 2.14 bits per heavy atom. The van der Waals surface area contributed by atoms with Crippen LogP contribution in [-0.4, -0.2) is 74.5 Å². The number of aliphatic imine (C=N–C) groups is 1. The van der Waals surface area contributed by atoms with Gasteiger partial charge in [-0.05, 0) is 37.5 Å². The van der Waals surface area contributed by atoms with Crippen LogP contribution in [0.4, 0.5) is 0 Å². The number of amides is 2. The minimum atomic E-state index is -0.0808. The first-order valence-electron chi connectivity index (χ1n) is 10.2. The summed E-state index contributed by atoms with van der Waals surface area (Å²) >= 11 is 0. The number of carbonyl (C=O) groups excluding carboxylic acids is 2. The van der Waals surface area contributed by atoms with Crippen molar-refractivity contribution in [1.29, 1.82) is 0 Å². The molecule has 0 unspecified atom stereocenters. The van der Waals surface area contributed by atoms with E-state index < -0.39 is 0 Å². The maximum Gasteiger partial charge on any atom is 0.259 e. The molecule has 1 aromatic carbocycles. The molecule has 0 spiro atoms.